The summed E-state index contributed by atoms with van der Waals surface area (Å²) in [7, 11) is 0. The van der Waals surface area contributed by atoms with Gasteiger partial charge in [-0.1, -0.05) is 84.0 Å². The first-order valence-corrected chi connectivity index (χ1v) is 13.0. The van der Waals surface area contributed by atoms with Gasteiger partial charge in [0.05, 0.1) is 18.8 Å². The third-order valence-electron chi connectivity index (χ3n) is 6.45. The van der Waals surface area contributed by atoms with Crippen molar-refractivity contribution in [3.8, 4) is 0 Å². The van der Waals surface area contributed by atoms with Crippen LogP contribution in [0.25, 0.3) is 0 Å². The molecule has 2 rings (SSSR count). The number of hydrogen-bond donors (Lipinski definition) is 0. The van der Waals surface area contributed by atoms with Crippen LogP contribution in [-0.4, -0.2) is 47.2 Å². The Labute approximate surface area is 191 Å². The molecule has 0 aromatic rings. The number of epoxide rings is 1. The Bertz CT molecular complexity index is 528. The Balaban J connectivity index is 1.57. The van der Waals surface area contributed by atoms with Crippen molar-refractivity contribution in [2.24, 2.45) is 0 Å². The van der Waals surface area contributed by atoms with E-state index in [0.717, 1.165) is 6.42 Å². The summed E-state index contributed by atoms with van der Waals surface area (Å²) in [5, 5.41) is 0. The first kappa shape index (κ1) is 26.4. The summed E-state index contributed by atoms with van der Waals surface area (Å²) in [5.41, 5.74) is -1.17. The maximum atomic E-state index is 12.8. The van der Waals surface area contributed by atoms with Gasteiger partial charge in [0.2, 0.25) is 0 Å². The average molecular weight is 440 g/mol. The molecule has 2 fully saturated rings. The van der Waals surface area contributed by atoms with Crippen LogP contribution in [-0.2, 0) is 14.2 Å². The van der Waals surface area contributed by atoms with Crippen molar-refractivity contribution in [1.29, 1.82) is 0 Å². The van der Waals surface area contributed by atoms with E-state index in [-0.39, 0.29) is 24.3 Å². The molecule has 0 spiro atoms. The Morgan fingerprint density at radius 2 is 1.45 bits per heavy atom. The number of carbonyl (C=O) groups is 1. The van der Waals surface area contributed by atoms with Gasteiger partial charge in [-0.2, -0.15) is 0 Å². The lowest BCUT2D eigenvalue weighted by molar-refractivity contribution is -0.0632. The van der Waals surface area contributed by atoms with Gasteiger partial charge in [-0.25, -0.2) is 4.79 Å². The minimum atomic E-state index is -0.653. The lowest BCUT2D eigenvalue weighted by Crippen LogP contribution is -2.51. The van der Waals surface area contributed by atoms with Crippen molar-refractivity contribution in [3.05, 3.63) is 0 Å². The summed E-state index contributed by atoms with van der Waals surface area (Å²) in [4.78, 5) is 14.5. The Morgan fingerprint density at radius 3 is 1.97 bits per heavy atom. The van der Waals surface area contributed by atoms with Crippen LogP contribution >= 0.6 is 0 Å². The van der Waals surface area contributed by atoms with Gasteiger partial charge in [0.25, 0.3) is 0 Å². The molecular formula is C26H49NO4. The van der Waals surface area contributed by atoms with Gasteiger partial charge >= 0.3 is 6.09 Å². The topological polar surface area (TPSA) is 51.3 Å². The molecule has 0 aliphatic carbocycles. The van der Waals surface area contributed by atoms with E-state index in [2.05, 4.69) is 6.92 Å². The predicted molar refractivity (Wildman–Crippen MR) is 126 cm³/mol. The molecule has 0 saturated carbocycles. The third kappa shape index (κ3) is 9.29. The normalized spacial score (nSPS) is 25.1. The number of unbranched alkanes of at least 4 members (excludes halogenated alkanes) is 11. The number of amides is 1. The molecule has 31 heavy (non-hydrogen) atoms. The number of ether oxygens (including phenoxy) is 3. The first-order chi connectivity index (χ1) is 14.7. The highest BCUT2D eigenvalue weighted by molar-refractivity contribution is 5.70. The van der Waals surface area contributed by atoms with Gasteiger partial charge in [-0.05, 0) is 41.0 Å². The molecule has 2 aliphatic rings. The second-order valence-corrected chi connectivity index (χ2v) is 11.0. The predicted octanol–water partition coefficient (Wildman–Crippen LogP) is 7.22. The van der Waals surface area contributed by atoms with E-state index in [1.807, 2.05) is 34.6 Å². The minimum Gasteiger partial charge on any atom is -0.444 e. The van der Waals surface area contributed by atoms with E-state index in [4.69, 9.17) is 14.2 Å². The van der Waals surface area contributed by atoms with E-state index < -0.39 is 11.3 Å². The molecule has 182 valence electrons. The van der Waals surface area contributed by atoms with Crippen molar-refractivity contribution in [2.45, 2.75) is 155 Å². The molecule has 0 bridgehead atoms. The molecule has 5 heteroatoms. The van der Waals surface area contributed by atoms with E-state index in [0.29, 0.717) is 6.61 Å². The Hall–Kier alpha value is -0.810. The molecule has 2 saturated heterocycles. The molecular weight excluding hydrogens is 390 g/mol. The fraction of sp³-hybridized carbons (Fsp3) is 0.962. The zero-order valence-corrected chi connectivity index (χ0v) is 21.2. The van der Waals surface area contributed by atoms with Gasteiger partial charge in [0.15, 0.2) is 0 Å². The quantitative estimate of drug-likeness (QED) is 0.212. The van der Waals surface area contributed by atoms with Crippen LogP contribution in [0.1, 0.15) is 125 Å². The van der Waals surface area contributed by atoms with Crippen LogP contribution in [0.5, 0.6) is 0 Å². The van der Waals surface area contributed by atoms with Crippen LogP contribution < -0.4 is 0 Å². The van der Waals surface area contributed by atoms with E-state index >= 15 is 0 Å². The van der Waals surface area contributed by atoms with Gasteiger partial charge in [-0.15, -0.1) is 0 Å². The summed E-state index contributed by atoms with van der Waals surface area (Å²) < 4.78 is 17.5. The number of hydrogen-bond acceptors (Lipinski definition) is 4. The summed E-state index contributed by atoms with van der Waals surface area (Å²) in [6.45, 7) is 12.3. The fourth-order valence-electron chi connectivity index (χ4n) is 4.65. The van der Waals surface area contributed by atoms with Gasteiger partial charge in [-0.3, -0.25) is 4.90 Å². The molecule has 0 unspecified atom stereocenters. The first-order valence-electron chi connectivity index (χ1n) is 13.0. The van der Waals surface area contributed by atoms with E-state index in [1.54, 1.807) is 4.90 Å². The Morgan fingerprint density at radius 1 is 0.935 bits per heavy atom. The highest BCUT2D eigenvalue weighted by Crippen LogP contribution is 2.40. The zero-order valence-electron chi connectivity index (χ0n) is 21.2. The minimum absolute atomic E-state index is 0.0489. The van der Waals surface area contributed by atoms with Crippen molar-refractivity contribution in [3.63, 3.8) is 0 Å². The molecule has 2 heterocycles. The van der Waals surface area contributed by atoms with Crippen molar-refractivity contribution < 1.29 is 19.0 Å². The third-order valence-corrected chi connectivity index (χ3v) is 6.45. The number of rotatable bonds is 14. The highest BCUT2D eigenvalue weighted by atomic mass is 16.6. The maximum Gasteiger partial charge on any atom is 0.412 e. The van der Waals surface area contributed by atoms with Crippen LogP contribution in [0.15, 0.2) is 0 Å². The molecule has 0 N–H and O–H groups in total. The van der Waals surface area contributed by atoms with Gasteiger partial charge in [0, 0.05) is 0 Å². The molecule has 0 aromatic carbocycles. The highest BCUT2D eigenvalue weighted by Gasteiger charge is 2.56. The summed E-state index contributed by atoms with van der Waals surface area (Å²) in [5.74, 6) is 0. The lowest BCUT2D eigenvalue weighted by atomic mass is 10.0. The smallest absolute Gasteiger partial charge is 0.412 e. The monoisotopic (exact) mass is 439 g/mol. The summed E-state index contributed by atoms with van der Waals surface area (Å²) in [6.07, 6.45) is 17.5. The molecule has 0 radical (unpaired) electrons. The van der Waals surface area contributed by atoms with Gasteiger partial charge in [0.1, 0.15) is 17.4 Å². The van der Waals surface area contributed by atoms with Crippen molar-refractivity contribution in [2.75, 3.05) is 6.61 Å². The summed E-state index contributed by atoms with van der Waals surface area (Å²) >= 11 is 0. The Kier molecular flexibility index (Phi) is 10.6. The largest absolute Gasteiger partial charge is 0.444 e. The van der Waals surface area contributed by atoms with Crippen molar-refractivity contribution >= 4 is 6.09 Å². The standard InChI is InChI=1S/C26H49NO4/c1-7-8-9-10-11-12-13-14-15-16-17-18-19-22-23(30-22)21-20-29-26(5,6)27(21)24(28)31-25(2,3)4/h21-23H,7-20H2,1-6H3/t21-,22+,23+/m0/s1. The molecule has 0 aromatic heterocycles. The van der Waals surface area contributed by atoms with E-state index in [9.17, 15) is 4.79 Å². The molecule has 5 nitrogen and oxygen atoms in total. The average Bonchev–Trinajstić information content (AvgIpc) is 3.36. The van der Waals surface area contributed by atoms with E-state index in [1.165, 1.54) is 77.0 Å². The number of nitrogens with zero attached hydrogens (tertiary/aromatic N) is 1. The van der Waals surface area contributed by atoms with Crippen LogP contribution in [0.4, 0.5) is 4.79 Å². The maximum absolute atomic E-state index is 12.8. The SMILES string of the molecule is CCCCCCCCCCCCCC[C@H]1O[C@@H]1[C@@H]1COC(C)(C)N1C(=O)OC(C)(C)C. The molecule has 3 atom stereocenters. The molecule has 2 aliphatic heterocycles. The van der Waals surface area contributed by atoms with Crippen LogP contribution in [0.3, 0.4) is 0 Å². The molecule has 1 amide bonds. The zero-order chi connectivity index (χ0) is 22.9. The second kappa shape index (κ2) is 12.4. The van der Waals surface area contributed by atoms with Crippen LogP contribution in [0.2, 0.25) is 0 Å². The fourth-order valence-corrected chi connectivity index (χ4v) is 4.65. The van der Waals surface area contributed by atoms with Gasteiger partial charge < -0.3 is 14.2 Å². The lowest BCUT2D eigenvalue weighted by Gasteiger charge is -2.34. The number of carbonyl (C=O) groups excluding carboxylic acids is 1. The van der Waals surface area contributed by atoms with Crippen LogP contribution in [0, 0.1) is 0 Å². The van der Waals surface area contributed by atoms with Crippen molar-refractivity contribution in [1.82, 2.24) is 4.90 Å². The summed E-state index contributed by atoms with van der Waals surface area (Å²) in [6, 6.07) is -0.0489. The second-order valence-electron chi connectivity index (χ2n) is 11.0.